The van der Waals surface area contributed by atoms with Gasteiger partial charge in [0.15, 0.2) is 23.0 Å². The number of benzene rings is 4. The fraction of sp³-hybridized carbons (Fsp3) is 0.396. The highest BCUT2D eigenvalue weighted by Gasteiger charge is 2.39. The van der Waals surface area contributed by atoms with Crippen molar-refractivity contribution < 1.29 is 57.9 Å². The van der Waals surface area contributed by atoms with Gasteiger partial charge in [0.1, 0.15) is 5.75 Å². The second-order valence-electron chi connectivity index (χ2n) is 19.0. The van der Waals surface area contributed by atoms with Crippen LogP contribution in [0.3, 0.4) is 0 Å². The number of carbonyl (C=O) groups excluding carboxylic acids is 3. The maximum Gasteiger partial charge on any atom is 0.333 e. The van der Waals surface area contributed by atoms with Crippen LogP contribution in [-0.2, 0) is 22.4 Å². The zero-order valence-corrected chi connectivity index (χ0v) is 40.3. The number of carbonyl (C=O) groups is 3. The average molecular weight is 958 g/mol. The lowest BCUT2D eigenvalue weighted by molar-refractivity contribution is -0.148. The summed E-state index contributed by atoms with van der Waals surface area (Å²) in [6, 6.07) is 22.9. The van der Waals surface area contributed by atoms with Gasteiger partial charge in [-0.05, 0) is 61.6 Å². The fourth-order valence-corrected chi connectivity index (χ4v) is 9.19. The molecule has 3 unspecified atom stereocenters. The number of para-hydroxylation sites is 1. The number of nitrogens with zero attached hydrogens (tertiary/aromatic N) is 4. The molecule has 17 heteroatoms. The Morgan fingerprint density at radius 1 is 0.771 bits per heavy atom. The zero-order chi connectivity index (χ0) is 49.3. The average Bonchev–Trinajstić information content (AvgIpc) is 3.97. The standard InChI is InChI=1S/C53H59N5O12/c1-7-53(4,18-17-49(61)70-58-47(59)15-16-48(58)60)69-31-52(2,3)30-68-36-14-13-33-22-35-29-55-40-27-46(44(65-6)25-38(40)51(63)57(35)42(33)23-36)67-20-10-19-66-45-26-39-37(24-43(45)64-5)50(62)56-34(28-54-39)21-32-11-8-9-12-41(32)56/h8-9,11-16,23-28,34-35,55,59-60H,7,10,17-22,29-31H2,1-6H3. The molecule has 3 atom stereocenters. The van der Waals surface area contributed by atoms with Crippen LogP contribution in [0.15, 0.2) is 83.9 Å². The Morgan fingerprint density at radius 3 is 2.19 bits per heavy atom. The molecular formula is C53H59N5O12. The first kappa shape index (κ1) is 47.7. The van der Waals surface area contributed by atoms with Crippen LogP contribution in [0.4, 0.5) is 22.7 Å². The minimum absolute atomic E-state index is 0.00922. The van der Waals surface area contributed by atoms with Crippen molar-refractivity contribution in [3.63, 3.8) is 0 Å². The largest absolute Gasteiger partial charge is 0.493 e. The molecule has 2 amide bonds. The number of hydrogen-bond acceptors (Lipinski definition) is 14. The quantitative estimate of drug-likeness (QED) is 0.0674. The normalized spacial score (nSPS) is 17.4. The first-order chi connectivity index (χ1) is 33.7. The van der Waals surface area contributed by atoms with Gasteiger partial charge in [0.2, 0.25) is 11.8 Å². The highest BCUT2D eigenvalue weighted by atomic mass is 16.7. The van der Waals surface area contributed by atoms with Gasteiger partial charge in [0.05, 0.1) is 92.9 Å². The molecule has 0 spiro atoms. The van der Waals surface area contributed by atoms with E-state index in [0.29, 0.717) is 121 Å². The third-order valence-corrected chi connectivity index (χ3v) is 13.4. The second kappa shape index (κ2) is 19.5. The van der Waals surface area contributed by atoms with Gasteiger partial charge in [-0.1, -0.05) is 45.0 Å². The summed E-state index contributed by atoms with van der Waals surface area (Å²) in [6.07, 6.45) is 4.71. The number of methoxy groups -OCH3 is 2. The van der Waals surface area contributed by atoms with Crippen molar-refractivity contribution in [3.05, 3.63) is 101 Å². The summed E-state index contributed by atoms with van der Waals surface area (Å²) in [7, 11) is 3.09. The number of hydrogen-bond donors (Lipinski definition) is 3. The van der Waals surface area contributed by atoms with E-state index in [9.17, 15) is 24.6 Å². The Balaban J connectivity index is 0.791. The molecule has 0 aliphatic carbocycles. The molecule has 70 heavy (non-hydrogen) atoms. The Morgan fingerprint density at radius 2 is 1.46 bits per heavy atom. The Bertz CT molecular complexity index is 2820. The van der Waals surface area contributed by atoms with Gasteiger partial charge in [-0.3, -0.25) is 19.5 Å². The lowest BCUT2D eigenvalue weighted by Gasteiger charge is -2.33. The van der Waals surface area contributed by atoms with E-state index in [1.807, 2.05) is 87.3 Å². The summed E-state index contributed by atoms with van der Waals surface area (Å²) in [5, 5.41) is 23.1. The molecule has 0 saturated carbocycles. The molecular weight excluding hydrogens is 899 g/mol. The number of rotatable bonds is 19. The van der Waals surface area contributed by atoms with Crippen molar-refractivity contribution in [1.29, 1.82) is 0 Å². The van der Waals surface area contributed by atoms with Crippen LogP contribution in [0.5, 0.6) is 40.5 Å². The SMILES string of the molecule is CCC(C)(CCC(=O)On1c(O)ccc1O)OCC(C)(C)COc1ccc2c(c1)N1C(=O)c3cc(OC)c(OCCCOc4cc5c(cc4OC)C(=O)N4c6ccccc6CC4C=N5)cc3NCC1C2. The third kappa shape index (κ3) is 9.62. The number of aliphatic imine (C=N–C) groups is 1. The molecule has 17 nitrogen and oxygen atoms in total. The van der Waals surface area contributed by atoms with E-state index in [1.54, 1.807) is 37.3 Å². The van der Waals surface area contributed by atoms with Crippen molar-refractivity contribution in [2.45, 2.75) is 83.9 Å². The molecule has 9 rings (SSSR count). The van der Waals surface area contributed by atoms with Crippen molar-refractivity contribution in [1.82, 2.24) is 4.73 Å². The molecule has 368 valence electrons. The first-order valence-corrected chi connectivity index (χ1v) is 23.6. The van der Waals surface area contributed by atoms with E-state index in [0.717, 1.165) is 22.5 Å². The predicted octanol–water partition coefficient (Wildman–Crippen LogP) is 8.07. The van der Waals surface area contributed by atoms with Crippen LogP contribution in [0, 0.1) is 5.41 Å². The van der Waals surface area contributed by atoms with E-state index in [2.05, 4.69) is 5.32 Å². The molecule has 0 saturated heterocycles. The Labute approximate surface area is 406 Å². The van der Waals surface area contributed by atoms with Crippen molar-refractivity contribution >= 4 is 46.7 Å². The highest BCUT2D eigenvalue weighted by molar-refractivity contribution is 6.15. The Kier molecular flexibility index (Phi) is 13.3. The molecule has 1 aromatic heterocycles. The van der Waals surface area contributed by atoms with E-state index in [4.69, 9.17) is 38.3 Å². The number of amides is 2. The van der Waals surface area contributed by atoms with Gasteiger partial charge in [0, 0.05) is 67.0 Å². The summed E-state index contributed by atoms with van der Waals surface area (Å²) in [6.45, 7) is 9.75. The zero-order valence-electron chi connectivity index (χ0n) is 40.3. The van der Waals surface area contributed by atoms with E-state index in [1.165, 1.54) is 12.1 Å². The van der Waals surface area contributed by atoms with Crippen molar-refractivity contribution in [3.8, 4) is 40.5 Å². The maximum atomic E-state index is 14.4. The van der Waals surface area contributed by atoms with Gasteiger partial charge in [0.25, 0.3) is 11.8 Å². The number of anilines is 3. The predicted molar refractivity (Wildman–Crippen MR) is 262 cm³/mol. The smallest absolute Gasteiger partial charge is 0.333 e. The van der Waals surface area contributed by atoms with Crippen LogP contribution in [0.2, 0.25) is 0 Å². The third-order valence-electron chi connectivity index (χ3n) is 13.4. The topological polar surface area (TPSA) is 192 Å². The summed E-state index contributed by atoms with van der Waals surface area (Å²) in [4.78, 5) is 54.2. The number of aromatic hydroxyl groups is 2. The lowest BCUT2D eigenvalue weighted by atomic mass is 9.93. The number of nitrogens with one attached hydrogen (secondary N) is 1. The molecule has 0 radical (unpaired) electrons. The summed E-state index contributed by atoms with van der Waals surface area (Å²) in [5.41, 5.74) is 4.85. The molecule has 3 N–H and O–H groups in total. The van der Waals surface area contributed by atoms with Gasteiger partial charge in [-0.2, -0.15) is 0 Å². The van der Waals surface area contributed by atoms with Crippen LogP contribution < -0.4 is 43.6 Å². The lowest BCUT2D eigenvalue weighted by Crippen LogP contribution is -2.39. The van der Waals surface area contributed by atoms with E-state index in [-0.39, 0.29) is 42.1 Å². The molecule has 4 aliphatic rings. The van der Waals surface area contributed by atoms with Gasteiger partial charge in [-0.25, -0.2) is 4.79 Å². The molecule has 0 fully saturated rings. The van der Waals surface area contributed by atoms with Gasteiger partial charge >= 0.3 is 5.97 Å². The molecule has 4 aliphatic heterocycles. The Hall–Kier alpha value is -7.40. The maximum absolute atomic E-state index is 14.4. The van der Waals surface area contributed by atoms with E-state index < -0.39 is 17.0 Å². The molecule has 5 aromatic rings. The number of fused-ring (bicyclic) bond motifs is 8. The summed E-state index contributed by atoms with van der Waals surface area (Å²) >= 11 is 0. The highest BCUT2D eigenvalue weighted by Crippen LogP contribution is 2.44. The minimum Gasteiger partial charge on any atom is -0.493 e. The molecule has 0 bridgehead atoms. The summed E-state index contributed by atoms with van der Waals surface area (Å²) < 4.78 is 37.3. The number of ether oxygens (including phenoxy) is 6. The molecule has 4 aromatic carbocycles. The van der Waals surface area contributed by atoms with Gasteiger partial charge in [-0.15, -0.1) is 4.73 Å². The minimum atomic E-state index is -0.644. The van der Waals surface area contributed by atoms with Crippen molar-refractivity contribution in [2.75, 3.05) is 62.3 Å². The number of aromatic nitrogens is 1. The monoisotopic (exact) mass is 957 g/mol. The fourth-order valence-electron chi connectivity index (χ4n) is 9.19. The van der Waals surface area contributed by atoms with Gasteiger partial charge < -0.3 is 53.7 Å². The van der Waals surface area contributed by atoms with E-state index >= 15 is 0 Å². The first-order valence-electron chi connectivity index (χ1n) is 23.6. The summed E-state index contributed by atoms with van der Waals surface area (Å²) in [5.74, 6) is 0.756. The second-order valence-corrected chi connectivity index (χ2v) is 19.0. The van der Waals surface area contributed by atoms with Crippen LogP contribution >= 0.6 is 0 Å². The molecule has 5 heterocycles. The van der Waals surface area contributed by atoms with Crippen LogP contribution in [0.1, 0.15) is 85.2 Å². The van der Waals surface area contributed by atoms with Crippen LogP contribution in [0.25, 0.3) is 0 Å². The van der Waals surface area contributed by atoms with Crippen molar-refractivity contribution in [2.24, 2.45) is 10.4 Å². The van der Waals surface area contributed by atoms with Crippen LogP contribution in [-0.4, -0.2) is 104 Å².